The number of carbonyl (C=O) groups excluding carboxylic acids is 1. The number of piperidine rings is 1. The third kappa shape index (κ3) is 5.00. The summed E-state index contributed by atoms with van der Waals surface area (Å²) in [4.78, 5) is 35.1. The van der Waals surface area contributed by atoms with Gasteiger partial charge >= 0.3 is 0 Å². The maximum absolute atomic E-state index is 13.9. The van der Waals surface area contributed by atoms with Gasteiger partial charge in [-0.25, -0.2) is 4.99 Å². The van der Waals surface area contributed by atoms with E-state index in [0.717, 1.165) is 37.4 Å². The topological polar surface area (TPSA) is 89.1 Å². The van der Waals surface area contributed by atoms with E-state index < -0.39 is 6.04 Å². The van der Waals surface area contributed by atoms with Crippen molar-refractivity contribution in [1.29, 1.82) is 0 Å². The highest BCUT2D eigenvalue weighted by Crippen LogP contribution is 2.32. The third-order valence-corrected chi connectivity index (χ3v) is 8.24. The second-order valence-electron chi connectivity index (χ2n) is 9.90. The van der Waals surface area contributed by atoms with Gasteiger partial charge in [0, 0.05) is 30.9 Å². The maximum Gasteiger partial charge on any atom is 0.271 e. The SMILES string of the molecule is COc1cccc(C2C(C(=O)Nc3ccccc3)=C(C)N=c3s/c(=C/c4ccc(N5CCCCC5)o4)c(=O)n32)c1. The number of amides is 1. The molecule has 1 fully saturated rings. The van der Waals surface area contributed by atoms with Gasteiger partial charge in [-0.15, -0.1) is 0 Å². The number of carbonyl (C=O) groups is 1. The van der Waals surface area contributed by atoms with E-state index in [1.54, 1.807) is 17.8 Å². The highest BCUT2D eigenvalue weighted by Gasteiger charge is 2.33. The zero-order valence-corrected chi connectivity index (χ0v) is 23.2. The number of allylic oxidation sites excluding steroid dienone is 1. The maximum atomic E-state index is 13.9. The van der Waals surface area contributed by atoms with Crippen molar-refractivity contribution in [1.82, 2.24) is 4.57 Å². The van der Waals surface area contributed by atoms with Gasteiger partial charge in [-0.1, -0.05) is 41.7 Å². The van der Waals surface area contributed by atoms with Crippen LogP contribution in [0.2, 0.25) is 0 Å². The van der Waals surface area contributed by atoms with E-state index in [0.29, 0.717) is 37.8 Å². The Morgan fingerprint density at radius 2 is 1.88 bits per heavy atom. The molecule has 2 aromatic carbocycles. The van der Waals surface area contributed by atoms with E-state index in [4.69, 9.17) is 14.1 Å². The zero-order chi connectivity index (χ0) is 27.6. The van der Waals surface area contributed by atoms with Crippen LogP contribution in [0.5, 0.6) is 5.75 Å². The van der Waals surface area contributed by atoms with E-state index in [2.05, 4.69) is 10.2 Å². The van der Waals surface area contributed by atoms with Gasteiger partial charge in [0.25, 0.3) is 11.5 Å². The van der Waals surface area contributed by atoms with Gasteiger partial charge in [-0.05, 0) is 62.1 Å². The average Bonchev–Trinajstić information content (AvgIpc) is 3.57. The van der Waals surface area contributed by atoms with Gasteiger partial charge in [-0.3, -0.25) is 14.2 Å². The van der Waals surface area contributed by atoms with E-state index in [1.807, 2.05) is 73.7 Å². The number of nitrogens with one attached hydrogen (secondary N) is 1. The first kappa shape index (κ1) is 25.9. The highest BCUT2D eigenvalue weighted by molar-refractivity contribution is 7.07. The summed E-state index contributed by atoms with van der Waals surface area (Å²) in [5.74, 6) is 1.76. The van der Waals surface area contributed by atoms with Crippen LogP contribution in [0.1, 0.15) is 43.6 Å². The van der Waals surface area contributed by atoms with Gasteiger partial charge in [0.15, 0.2) is 10.7 Å². The van der Waals surface area contributed by atoms with Crippen LogP contribution < -0.4 is 29.8 Å². The third-order valence-electron chi connectivity index (χ3n) is 7.26. The molecule has 1 unspecified atom stereocenters. The Labute approximate surface area is 235 Å². The number of fused-ring (bicyclic) bond motifs is 1. The van der Waals surface area contributed by atoms with Gasteiger partial charge in [0.1, 0.15) is 11.5 Å². The summed E-state index contributed by atoms with van der Waals surface area (Å²) in [5, 5.41) is 2.97. The molecule has 2 aromatic heterocycles. The van der Waals surface area contributed by atoms with Crippen LogP contribution in [-0.4, -0.2) is 30.7 Å². The molecule has 9 heteroatoms. The van der Waals surface area contributed by atoms with E-state index in [-0.39, 0.29) is 11.5 Å². The Morgan fingerprint density at radius 1 is 1.07 bits per heavy atom. The van der Waals surface area contributed by atoms with Crippen LogP contribution in [0, 0.1) is 0 Å². The molecule has 0 radical (unpaired) electrons. The van der Waals surface area contributed by atoms with Crippen LogP contribution in [0.15, 0.2) is 92.2 Å². The summed E-state index contributed by atoms with van der Waals surface area (Å²) in [7, 11) is 1.59. The fraction of sp³-hybridized carbons (Fsp3) is 0.258. The largest absolute Gasteiger partial charge is 0.497 e. The van der Waals surface area contributed by atoms with Crippen LogP contribution in [0.3, 0.4) is 0 Å². The molecule has 0 saturated carbocycles. The molecular weight excluding hydrogens is 524 g/mol. The molecule has 1 saturated heterocycles. The van der Waals surface area contributed by atoms with Gasteiger partial charge in [0.2, 0.25) is 0 Å². The lowest BCUT2D eigenvalue weighted by Gasteiger charge is -2.25. The quantitative estimate of drug-likeness (QED) is 0.380. The smallest absolute Gasteiger partial charge is 0.271 e. The molecule has 2 aliphatic heterocycles. The van der Waals surface area contributed by atoms with Crippen molar-refractivity contribution in [3.8, 4) is 5.75 Å². The van der Waals surface area contributed by atoms with Crippen molar-refractivity contribution in [3.63, 3.8) is 0 Å². The number of hydrogen-bond donors (Lipinski definition) is 1. The minimum atomic E-state index is -0.683. The second kappa shape index (κ2) is 11.0. The molecule has 0 spiro atoms. The lowest BCUT2D eigenvalue weighted by molar-refractivity contribution is -0.113. The Kier molecular flexibility index (Phi) is 7.13. The molecule has 204 valence electrons. The first-order valence-corrected chi connectivity index (χ1v) is 14.2. The van der Waals surface area contributed by atoms with Crippen LogP contribution >= 0.6 is 11.3 Å². The fourth-order valence-corrected chi connectivity index (χ4v) is 6.32. The Morgan fingerprint density at radius 3 is 2.65 bits per heavy atom. The standard InChI is InChI=1S/C31H30N4O4S/c1-20-27(29(36)33-22-11-5-3-6-12-22)28(21-10-9-13-23(18-21)38-2)35-30(37)25(40-31(35)32-20)19-24-14-15-26(39-24)34-16-7-4-8-17-34/h3,5-6,9-15,18-19,28H,4,7-8,16-17H2,1-2H3,(H,33,36)/b25-19+. The van der Waals surface area contributed by atoms with Crippen LogP contribution in [0.4, 0.5) is 11.6 Å². The summed E-state index contributed by atoms with van der Waals surface area (Å²) < 4.78 is 13.7. The summed E-state index contributed by atoms with van der Waals surface area (Å²) in [6.07, 6.45) is 5.31. The molecule has 8 nitrogen and oxygen atoms in total. The first-order chi connectivity index (χ1) is 19.5. The monoisotopic (exact) mass is 554 g/mol. The number of benzene rings is 2. The van der Waals surface area contributed by atoms with Crippen molar-refractivity contribution in [2.45, 2.75) is 32.2 Å². The number of para-hydroxylation sites is 1. The van der Waals surface area contributed by atoms with E-state index >= 15 is 0 Å². The number of aromatic nitrogens is 1. The number of nitrogens with zero attached hydrogens (tertiary/aromatic N) is 3. The molecule has 6 rings (SSSR count). The Balaban J connectivity index is 1.44. The predicted molar refractivity (Wildman–Crippen MR) is 157 cm³/mol. The lowest BCUT2D eigenvalue weighted by atomic mass is 9.95. The van der Waals surface area contributed by atoms with Crippen molar-refractivity contribution in [2.24, 2.45) is 4.99 Å². The molecule has 0 aliphatic carbocycles. The molecule has 0 bridgehead atoms. The second-order valence-corrected chi connectivity index (χ2v) is 10.9. The van der Waals surface area contributed by atoms with Crippen molar-refractivity contribution in [2.75, 3.05) is 30.4 Å². The van der Waals surface area contributed by atoms with Gasteiger partial charge < -0.3 is 19.4 Å². The summed E-state index contributed by atoms with van der Waals surface area (Å²) in [5.41, 5.74) is 2.15. The first-order valence-electron chi connectivity index (χ1n) is 13.4. The number of rotatable bonds is 6. The summed E-state index contributed by atoms with van der Waals surface area (Å²) >= 11 is 1.29. The Hall–Kier alpha value is -4.37. The zero-order valence-electron chi connectivity index (χ0n) is 22.4. The predicted octanol–water partition coefficient (Wildman–Crippen LogP) is 4.47. The molecule has 1 atom stereocenters. The lowest BCUT2D eigenvalue weighted by Crippen LogP contribution is -2.40. The number of ether oxygens (including phenoxy) is 1. The van der Waals surface area contributed by atoms with Gasteiger partial charge in [-0.2, -0.15) is 0 Å². The molecule has 1 N–H and O–H groups in total. The Bertz CT molecular complexity index is 1760. The molecule has 4 heterocycles. The van der Waals surface area contributed by atoms with Gasteiger partial charge in [0.05, 0.1) is 29.0 Å². The number of thiazole rings is 1. The van der Waals surface area contributed by atoms with Crippen molar-refractivity contribution >= 4 is 34.9 Å². The normalized spacial score (nSPS) is 17.4. The number of hydrogen-bond acceptors (Lipinski definition) is 7. The number of anilines is 2. The number of methoxy groups -OCH3 is 1. The molecule has 40 heavy (non-hydrogen) atoms. The number of furan rings is 1. The minimum absolute atomic E-state index is 0.231. The summed E-state index contributed by atoms with van der Waals surface area (Å²) in [6.45, 7) is 3.76. The van der Waals surface area contributed by atoms with Crippen molar-refractivity contribution < 1.29 is 13.9 Å². The highest BCUT2D eigenvalue weighted by atomic mass is 32.1. The van der Waals surface area contributed by atoms with Crippen molar-refractivity contribution in [3.05, 3.63) is 109 Å². The molecule has 1 amide bonds. The average molecular weight is 555 g/mol. The fourth-order valence-electron chi connectivity index (χ4n) is 5.29. The van der Waals surface area contributed by atoms with Crippen LogP contribution in [-0.2, 0) is 4.79 Å². The van der Waals surface area contributed by atoms with Crippen LogP contribution in [0.25, 0.3) is 6.08 Å². The van der Waals surface area contributed by atoms with E-state index in [9.17, 15) is 9.59 Å². The summed E-state index contributed by atoms with van der Waals surface area (Å²) in [6, 6.07) is 19.9. The molecule has 4 aromatic rings. The minimum Gasteiger partial charge on any atom is -0.497 e. The molecule has 2 aliphatic rings. The molecular formula is C31H30N4O4S. The van der Waals surface area contributed by atoms with E-state index in [1.165, 1.54) is 17.8 Å².